The summed E-state index contributed by atoms with van der Waals surface area (Å²) in [5, 5.41) is 8.17. The average molecular weight is 761 g/mol. The summed E-state index contributed by atoms with van der Waals surface area (Å²) < 4.78 is 2.41. The lowest BCUT2D eigenvalue weighted by molar-refractivity contribution is -0.721. The number of hydrogen-bond acceptors (Lipinski definition) is 2. The van der Waals surface area contributed by atoms with Gasteiger partial charge in [0, 0.05) is 42.3 Å². The van der Waals surface area contributed by atoms with Crippen molar-refractivity contribution in [1.82, 2.24) is 0 Å². The number of aromatic nitrogens is 1. The fourth-order valence-corrected chi connectivity index (χ4v) is 9.71. The molecule has 1 heterocycles. The van der Waals surface area contributed by atoms with Gasteiger partial charge < -0.3 is 10.6 Å². The number of aryl methyl sites for hydroxylation is 3. The monoisotopic (exact) mass is 760 g/mol. The molecule has 2 unspecified atom stereocenters. The fraction of sp³-hybridized carbons (Fsp3) is 0.255. The minimum absolute atomic E-state index is 0.0154. The van der Waals surface area contributed by atoms with E-state index in [1.165, 1.54) is 98.4 Å². The van der Waals surface area contributed by atoms with Crippen LogP contribution < -0.4 is 15.2 Å². The summed E-state index contributed by atoms with van der Waals surface area (Å²) in [4.78, 5) is 0. The van der Waals surface area contributed by atoms with Crippen LogP contribution in [0.3, 0.4) is 0 Å². The molecule has 0 aliphatic heterocycles. The maximum Gasteiger partial charge on any atom is 0.228 e. The van der Waals surface area contributed by atoms with Crippen LogP contribution in [0.5, 0.6) is 0 Å². The van der Waals surface area contributed by atoms with Crippen molar-refractivity contribution >= 4 is 11.4 Å². The molecule has 1 aliphatic carbocycles. The Hall–Kier alpha value is -5.93. The van der Waals surface area contributed by atoms with E-state index in [-0.39, 0.29) is 24.0 Å². The van der Waals surface area contributed by atoms with Gasteiger partial charge in [-0.15, -0.1) is 0 Å². The van der Waals surface area contributed by atoms with Gasteiger partial charge in [0.15, 0.2) is 6.20 Å². The van der Waals surface area contributed by atoms with E-state index in [4.69, 9.17) is 0 Å². The Kier molecular flexibility index (Phi) is 11.9. The molecule has 7 aromatic rings. The van der Waals surface area contributed by atoms with E-state index < -0.39 is 0 Å². The number of pyridine rings is 1. The molecule has 1 fully saturated rings. The van der Waals surface area contributed by atoms with Crippen LogP contribution in [-0.4, -0.2) is 0 Å². The molecule has 1 saturated carbocycles. The molecule has 3 nitrogen and oxygen atoms in total. The molecule has 3 heteroatoms. The van der Waals surface area contributed by atoms with Gasteiger partial charge in [-0.1, -0.05) is 170 Å². The number of anilines is 2. The van der Waals surface area contributed by atoms with E-state index in [2.05, 4.69) is 220 Å². The molecular formula is C55H58N3+. The Morgan fingerprint density at radius 1 is 0.500 bits per heavy atom. The molecule has 1 aromatic heterocycles. The first-order valence-electron chi connectivity index (χ1n) is 21.3. The molecule has 58 heavy (non-hydrogen) atoms. The van der Waals surface area contributed by atoms with Gasteiger partial charge in [-0.05, 0) is 96.5 Å². The van der Waals surface area contributed by atoms with E-state index in [9.17, 15) is 0 Å². The Balaban J connectivity index is 1.32. The summed E-state index contributed by atoms with van der Waals surface area (Å²) in [6.45, 7) is 11.2. The van der Waals surface area contributed by atoms with Crippen LogP contribution in [0.1, 0.15) is 131 Å². The zero-order valence-corrected chi connectivity index (χ0v) is 34.8. The van der Waals surface area contributed by atoms with Crippen molar-refractivity contribution in [3.05, 3.63) is 231 Å². The molecule has 0 radical (unpaired) electrons. The third-order valence-electron chi connectivity index (χ3n) is 12.4. The Morgan fingerprint density at radius 2 is 0.983 bits per heavy atom. The number of hydrogen-bond donors (Lipinski definition) is 2. The van der Waals surface area contributed by atoms with Crippen molar-refractivity contribution < 1.29 is 4.57 Å². The van der Waals surface area contributed by atoms with Gasteiger partial charge in [-0.2, -0.15) is 4.57 Å². The quantitative estimate of drug-likeness (QED) is 0.0905. The predicted octanol–water partition coefficient (Wildman–Crippen LogP) is 13.7. The van der Waals surface area contributed by atoms with Crippen LogP contribution in [-0.2, 0) is 0 Å². The molecule has 0 saturated heterocycles. The summed E-state index contributed by atoms with van der Waals surface area (Å²) >= 11 is 0. The summed E-state index contributed by atoms with van der Waals surface area (Å²) in [6.07, 6.45) is 7.20. The molecule has 8 rings (SSSR count). The fourth-order valence-electron chi connectivity index (χ4n) is 9.71. The van der Waals surface area contributed by atoms with Crippen molar-refractivity contribution in [3.8, 4) is 0 Å². The third-order valence-corrected chi connectivity index (χ3v) is 12.4. The van der Waals surface area contributed by atoms with Gasteiger partial charge in [0.1, 0.15) is 6.04 Å². The highest BCUT2D eigenvalue weighted by molar-refractivity contribution is 5.68. The Bertz CT molecular complexity index is 2320. The van der Waals surface area contributed by atoms with Gasteiger partial charge >= 0.3 is 0 Å². The van der Waals surface area contributed by atoms with Crippen molar-refractivity contribution in [2.75, 3.05) is 10.6 Å². The van der Waals surface area contributed by atoms with Gasteiger partial charge in [0.25, 0.3) is 0 Å². The Labute approximate surface area is 346 Å². The summed E-state index contributed by atoms with van der Waals surface area (Å²) in [5.41, 5.74) is 16.9. The molecule has 2 N–H and O–H groups in total. The lowest BCUT2D eigenvalue weighted by Gasteiger charge is -2.31. The minimum Gasteiger partial charge on any atom is -0.373 e. The predicted molar refractivity (Wildman–Crippen MR) is 243 cm³/mol. The standard InChI is InChI=1S/C55H58N3/c1-38-34-39(2)54(40(3)35-38)57-42(5)58-33-21-20-32-51(58)41(4)56-55-49(43-22-18-19-23-43)36-48(52(44-24-10-6-11-25-44)45-26-12-7-13-27-45)37-50(55)53(46-28-14-8-15-29-46)47-30-16-9-17-31-47/h6-17,20-21,24-37,41-43,52-53,56-57H,18-19,22-23H2,1-5H3/q+1. The lowest BCUT2D eigenvalue weighted by Crippen LogP contribution is -2.47. The smallest absolute Gasteiger partial charge is 0.228 e. The molecule has 0 amide bonds. The molecular weight excluding hydrogens is 703 g/mol. The van der Waals surface area contributed by atoms with E-state index in [0.717, 1.165) is 0 Å². The van der Waals surface area contributed by atoms with Crippen molar-refractivity contribution in [3.63, 3.8) is 0 Å². The van der Waals surface area contributed by atoms with E-state index in [1.54, 1.807) is 0 Å². The van der Waals surface area contributed by atoms with Crippen LogP contribution in [0.4, 0.5) is 11.4 Å². The number of nitrogens with one attached hydrogen (secondary N) is 2. The SMILES string of the molecule is Cc1cc(C)c(NC(C)[n+]2ccccc2C(C)Nc2c(C3CCCC3)cc(C(c3ccccc3)c3ccccc3)cc2C(c2ccccc2)c2ccccc2)c(C)c1. The van der Waals surface area contributed by atoms with Crippen LogP contribution in [0.15, 0.2) is 170 Å². The normalized spacial score (nSPS) is 14.1. The minimum atomic E-state index is 0.0154. The van der Waals surface area contributed by atoms with E-state index in [0.29, 0.717) is 5.92 Å². The number of nitrogens with zero attached hydrogens (tertiary/aromatic N) is 1. The largest absolute Gasteiger partial charge is 0.373 e. The van der Waals surface area contributed by atoms with Gasteiger partial charge in [0.05, 0.1) is 0 Å². The highest BCUT2D eigenvalue weighted by Gasteiger charge is 2.32. The average Bonchev–Trinajstić information content (AvgIpc) is 3.80. The second kappa shape index (κ2) is 17.7. The van der Waals surface area contributed by atoms with E-state index in [1.807, 2.05) is 0 Å². The topological polar surface area (TPSA) is 27.9 Å². The molecule has 6 aromatic carbocycles. The zero-order chi connectivity index (χ0) is 40.0. The highest BCUT2D eigenvalue weighted by atomic mass is 15.2. The molecule has 292 valence electrons. The first-order valence-corrected chi connectivity index (χ1v) is 21.3. The van der Waals surface area contributed by atoms with Gasteiger partial charge in [0.2, 0.25) is 11.9 Å². The van der Waals surface area contributed by atoms with Crippen LogP contribution in [0.25, 0.3) is 0 Å². The maximum atomic E-state index is 4.28. The molecule has 2 atom stereocenters. The van der Waals surface area contributed by atoms with Crippen molar-refractivity contribution in [2.24, 2.45) is 0 Å². The van der Waals surface area contributed by atoms with E-state index >= 15 is 0 Å². The summed E-state index contributed by atoms with van der Waals surface area (Å²) in [6, 6.07) is 60.8. The van der Waals surface area contributed by atoms with Crippen LogP contribution >= 0.6 is 0 Å². The first kappa shape index (κ1) is 38.9. The zero-order valence-electron chi connectivity index (χ0n) is 34.8. The van der Waals surface area contributed by atoms with Gasteiger partial charge in [-0.3, -0.25) is 0 Å². The Morgan fingerprint density at radius 3 is 1.50 bits per heavy atom. The van der Waals surface area contributed by atoms with Crippen molar-refractivity contribution in [1.29, 1.82) is 0 Å². The number of benzene rings is 6. The highest BCUT2D eigenvalue weighted by Crippen LogP contribution is 2.47. The third kappa shape index (κ3) is 8.36. The van der Waals surface area contributed by atoms with Crippen LogP contribution in [0, 0.1) is 20.8 Å². The summed E-state index contributed by atoms with van der Waals surface area (Å²) in [7, 11) is 0. The molecule has 0 spiro atoms. The lowest BCUT2D eigenvalue weighted by atomic mass is 9.77. The summed E-state index contributed by atoms with van der Waals surface area (Å²) in [5.74, 6) is 0.598. The van der Waals surface area contributed by atoms with Crippen LogP contribution in [0.2, 0.25) is 0 Å². The first-order chi connectivity index (χ1) is 28.4. The number of rotatable bonds is 13. The second-order valence-corrected chi connectivity index (χ2v) is 16.6. The molecule has 0 bridgehead atoms. The maximum absolute atomic E-state index is 4.28. The second-order valence-electron chi connectivity index (χ2n) is 16.6. The van der Waals surface area contributed by atoms with Crippen molar-refractivity contribution in [2.45, 2.75) is 90.3 Å². The molecule has 1 aliphatic rings. The van der Waals surface area contributed by atoms with Gasteiger partial charge in [-0.25, -0.2) is 0 Å².